The molecule has 4 nitrogen and oxygen atoms in total. The minimum absolute atomic E-state index is 0.125. The van der Waals surface area contributed by atoms with Gasteiger partial charge in [-0.1, -0.05) is 0 Å². The van der Waals surface area contributed by atoms with Crippen LogP contribution in [-0.4, -0.2) is 16.5 Å². The third-order valence-electron chi connectivity index (χ3n) is 1.59. The van der Waals surface area contributed by atoms with Crippen molar-refractivity contribution < 1.29 is 0 Å². The first-order valence-electron chi connectivity index (χ1n) is 4.16. The predicted molar refractivity (Wildman–Crippen MR) is 64.1 cm³/mol. The van der Waals surface area contributed by atoms with E-state index in [1.165, 1.54) is 6.33 Å². The fraction of sp³-hybridized carbons (Fsp3) is 0.333. The minimum atomic E-state index is -0.125. The summed E-state index contributed by atoms with van der Waals surface area (Å²) >= 11 is 1.96. The molecule has 0 aliphatic rings. The molecule has 2 N–H and O–H groups in total. The van der Waals surface area contributed by atoms with E-state index in [-0.39, 0.29) is 5.56 Å². The molecule has 5 heteroatoms. The summed E-state index contributed by atoms with van der Waals surface area (Å²) in [7, 11) is 0. The lowest BCUT2D eigenvalue weighted by atomic mass is 10.3. The van der Waals surface area contributed by atoms with E-state index in [1.54, 1.807) is 0 Å². The highest BCUT2D eigenvalue weighted by Gasteiger charge is 2.02. The standard InChI is InChI=1S/C9H10IN3O/c1-2-3-4-5-11-8-7(10)9(14)13-6-12-8/h1,6H,3-5H2,(H2,11,12,13,14). The Morgan fingerprint density at radius 3 is 3.21 bits per heavy atom. The van der Waals surface area contributed by atoms with Crippen LogP contribution in [0.5, 0.6) is 0 Å². The molecule has 1 aromatic heterocycles. The summed E-state index contributed by atoms with van der Waals surface area (Å²) in [6.07, 6.45) is 8.10. The molecule has 0 bridgehead atoms. The van der Waals surface area contributed by atoms with Gasteiger partial charge in [0.1, 0.15) is 9.39 Å². The summed E-state index contributed by atoms with van der Waals surface area (Å²) in [4.78, 5) is 17.7. The Morgan fingerprint density at radius 2 is 2.50 bits per heavy atom. The summed E-state index contributed by atoms with van der Waals surface area (Å²) in [6.45, 7) is 0.733. The molecule has 0 atom stereocenters. The van der Waals surface area contributed by atoms with E-state index in [0.29, 0.717) is 9.39 Å². The summed E-state index contributed by atoms with van der Waals surface area (Å²) < 4.78 is 0.575. The average Bonchev–Trinajstić information content (AvgIpc) is 2.19. The molecule has 1 aromatic rings. The van der Waals surface area contributed by atoms with Gasteiger partial charge in [0.25, 0.3) is 5.56 Å². The molecule has 1 heterocycles. The Bertz CT molecular complexity index is 394. The minimum Gasteiger partial charge on any atom is -0.369 e. The molecule has 0 radical (unpaired) electrons. The molecule has 0 amide bonds. The van der Waals surface area contributed by atoms with Gasteiger partial charge in [-0.15, -0.1) is 12.3 Å². The smallest absolute Gasteiger partial charge is 0.266 e. The van der Waals surface area contributed by atoms with Crippen molar-refractivity contribution in [3.63, 3.8) is 0 Å². The summed E-state index contributed by atoms with van der Waals surface area (Å²) in [5.41, 5.74) is -0.125. The maximum atomic E-state index is 11.2. The lowest BCUT2D eigenvalue weighted by Crippen LogP contribution is -2.15. The maximum absolute atomic E-state index is 11.2. The van der Waals surface area contributed by atoms with Crippen LogP contribution in [0, 0.1) is 15.9 Å². The molecular formula is C9H10IN3O. The SMILES string of the molecule is C#CCCCNc1nc[nH]c(=O)c1I. The van der Waals surface area contributed by atoms with Gasteiger partial charge in [-0.05, 0) is 29.0 Å². The highest BCUT2D eigenvalue weighted by Crippen LogP contribution is 2.08. The van der Waals surface area contributed by atoms with Crippen molar-refractivity contribution >= 4 is 28.4 Å². The number of nitrogens with one attached hydrogen (secondary N) is 2. The summed E-state index contributed by atoms with van der Waals surface area (Å²) in [5, 5.41) is 3.05. The molecule has 0 fully saturated rings. The van der Waals surface area contributed by atoms with Crippen molar-refractivity contribution in [2.45, 2.75) is 12.8 Å². The summed E-state index contributed by atoms with van der Waals surface area (Å²) in [5.74, 6) is 3.17. The lowest BCUT2D eigenvalue weighted by molar-refractivity contribution is 0.896. The van der Waals surface area contributed by atoms with E-state index in [0.717, 1.165) is 19.4 Å². The number of unbranched alkanes of at least 4 members (excludes halogenated alkanes) is 1. The zero-order valence-corrected chi connectivity index (χ0v) is 9.67. The zero-order valence-electron chi connectivity index (χ0n) is 7.51. The predicted octanol–water partition coefficient (Wildman–Crippen LogP) is 1.20. The average molecular weight is 303 g/mol. The second-order valence-electron chi connectivity index (χ2n) is 2.63. The normalized spacial score (nSPS) is 9.43. The van der Waals surface area contributed by atoms with E-state index in [9.17, 15) is 4.79 Å². The van der Waals surface area contributed by atoms with Crippen molar-refractivity contribution in [3.05, 3.63) is 20.3 Å². The number of aromatic nitrogens is 2. The van der Waals surface area contributed by atoms with Gasteiger partial charge >= 0.3 is 0 Å². The second-order valence-corrected chi connectivity index (χ2v) is 3.71. The van der Waals surface area contributed by atoms with E-state index < -0.39 is 0 Å². The Labute approximate surface area is 95.7 Å². The molecule has 14 heavy (non-hydrogen) atoms. The number of aromatic amines is 1. The van der Waals surface area contributed by atoms with Gasteiger partial charge in [-0.3, -0.25) is 4.79 Å². The van der Waals surface area contributed by atoms with Gasteiger partial charge in [0.2, 0.25) is 0 Å². The summed E-state index contributed by atoms with van der Waals surface area (Å²) in [6, 6.07) is 0. The highest BCUT2D eigenvalue weighted by atomic mass is 127. The van der Waals surface area contributed by atoms with Crippen molar-refractivity contribution in [2.24, 2.45) is 0 Å². The number of anilines is 1. The molecule has 0 saturated heterocycles. The molecular weight excluding hydrogens is 293 g/mol. The molecule has 1 rings (SSSR count). The van der Waals surface area contributed by atoms with Crippen LogP contribution in [0.3, 0.4) is 0 Å². The third-order valence-corrected chi connectivity index (χ3v) is 2.59. The van der Waals surface area contributed by atoms with E-state index >= 15 is 0 Å². The first-order chi connectivity index (χ1) is 6.75. The Kier molecular flexibility index (Phi) is 4.46. The number of terminal acetylenes is 1. The molecule has 0 aliphatic heterocycles. The van der Waals surface area contributed by atoms with E-state index in [2.05, 4.69) is 21.2 Å². The van der Waals surface area contributed by atoms with Gasteiger partial charge in [0.15, 0.2) is 0 Å². The fourth-order valence-corrected chi connectivity index (χ4v) is 1.39. The van der Waals surface area contributed by atoms with Crippen LogP contribution in [0.2, 0.25) is 0 Å². The van der Waals surface area contributed by atoms with Crippen LogP contribution in [-0.2, 0) is 0 Å². The van der Waals surface area contributed by atoms with Crippen molar-refractivity contribution in [3.8, 4) is 12.3 Å². The van der Waals surface area contributed by atoms with E-state index in [1.807, 2.05) is 22.6 Å². The largest absolute Gasteiger partial charge is 0.369 e. The highest BCUT2D eigenvalue weighted by molar-refractivity contribution is 14.1. The second kappa shape index (κ2) is 5.65. The van der Waals surface area contributed by atoms with Gasteiger partial charge in [0, 0.05) is 13.0 Å². The number of hydrogen-bond acceptors (Lipinski definition) is 3. The lowest BCUT2D eigenvalue weighted by Gasteiger charge is -2.04. The Morgan fingerprint density at radius 1 is 1.71 bits per heavy atom. The molecule has 0 aliphatic carbocycles. The van der Waals surface area contributed by atoms with Crippen molar-refractivity contribution in [1.82, 2.24) is 9.97 Å². The van der Waals surface area contributed by atoms with Crippen LogP contribution in [0.15, 0.2) is 11.1 Å². The molecule has 74 valence electrons. The van der Waals surface area contributed by atoms with Crippen LogP contribution in [0.1, 0.15) is 12.8 Å². The van der Waals surface area contributed by atoms with Crippen LogP contribution in [0.25, 0.3) is 0 Å². The third kappa shape index (κ3) is 3.03. The molecule has 0 saturated carbocycles. The van der Waals surface area contributed by atoms with Crippen LogP contribution < -0.4 is 10.9 Å². The fourth-order valence-electron chi connectivity index (χ4n) is 0.904. The Hall–Kier alpha value is -1.03. The quantitative estimate of drug-likeness (QED) is 0.499. The van der Waals surface area contributed by atoms with Crippen molar-refractivity contribution in [2.75, 3.05) is 11.9 Å². The van der Waals surface area contributed by atoms with Gasteiger partial charge in [-0.2, -0.15) is 0 Å². The van der Waals surface area contributed by atoms with Gasteiger partial charge in [0.05, 0.1) is 6.33 Å². The first-order valence-corrected chi connectivity index (χ1v) is 5.24. The van der Waals surface area contributed by atoms with Crippen LogP contribution in [0.4, 0.5) is 5.82 Å². The maximum Gasteiger partial charge on any atom is 0.266 e. The van der Waals surface area contributed by atoms with Crippen molar-refractivity contribution in [1.29, 1.82) is 0 Å². The zero-order chi connectivity index (χ0) is 10.4. The van der Waals surface area contributed by atoms with Gasteiger partial charge < -0.3 is 10.3 Å². The molecule has 0 unspecified atom stereocenters. The molecule has 0 aromatic carbocycles. The number of halogens is 1. The number of rotatable bonds is 4. The monoisotopic (exact) mass is 303 g/mol. The van der Waals surface area contributed by atoms with Gasteiger partial charge in [-0.25, -0.2) is 4.98 Å². The number of nitrogens with zero attached hydrogens (tertiary/aromatic N) is 1. The van der Waals surface area contributed by atoms with Crippen LogP contribution >= 0.6 is 22.6 Å². The number of hydrogen-bond donors (Lipinski definition) is 2. The number of H-pyrrole nitrogens is 1. The van der Waals surface area contributed by atoms with E-state index in [4.69, 9.17) is 6.42 Å². The topological polar surface area (TPSA) is 57.8 Å². The first kappa shape index (κ1) is 11.0. The Balaban J connectivity index is 2.56. The molecule has 0 spiro atoms.